The number of aromatic nitrogens is 2. The van der Waals surface area contributed by atoms with Gasteiger partial charge in [-0.15, -0.1) is 0 Å². The highest BCUT2D eigenvalue weighted by molar-refractivity contribution is 4.99. The first kappa shape index (κ1) is 15.2. The number of hydrogen-bond acceptors (Lipinski definition) is 2. The van der Waals surface area contributed by atoms with Crippen molar-refractivity contribution in [2.45, 2.75) is 70.8 Å². The summed E-state index contributed by atoms with van der Waals surface area (Å²) in [6, 6.07) is 2.03. The highest BCUT2D eigenvalue weighted by Gasteiger charge is 2.06. The predicted molar refractivity (Wildman–Crippen MR) is 75.5 cm³/mol. The zero-order valence-electron chi connectivity index (χ0n) is 11.9. The van der Waals surface area contributed by atoms with E-state index in [4.69, 9.17) is 0 Å². The normalized spacial score (nSPS) is 12.8. The molecule has 0 saturated heterocycles. The van der Waals surface area contributed by atoms with Crippen LogP contribution in [0.5, 0.6) is 0 Å². The van der Waals surface area contributed by atoms with Gasteiger partial charge in [0.15, 0.2) is 0 Å². The first-order chi connectivity index (χ1) is 8.74. The lowest BCUT2D eigenvalue weighted by molar-refractivity contribution is 0.150. The van der Waals surface area contributed by atoms with E-state index in [1.165, 1.54) is 37.8 Å². The highest BCUT2D eigenvalue weighted by Crippen LogP contribution is 2.12. The molecule has 0 spiro atoms. The zero-order valence-corrected chi connectivity index (χ0v) is 11.9. The van der Waals surface area contributed by atoms with E-state index in [0.717, 1.165) is 25.7 Å². The first-order valence-corrected chi connectivity index (χ1v) is 7.39. The average Bonchev–Trinajstić information content (AvgIpc) is 2.77. The third-order valence-electron chi connectivity index (χ3n) is 3.55. The molecule has 0 aliphatic heterocycles. The molecule has 3 nitrogen and oxygen atoms in total. The number of aryl methyl sites for hydroxylation is 2. The van der Waals surface area contributed by atoms with Crippen LogP contribution in [0, 0.1) is 0 Å². The van der Waals surface area contributed by atoms with Crippen LogP contribution in [-0.4, -0.2) is 21.0 Å². The second-order valence-electron chi connectivity index (χ2n) is 5.20. The lowest BCUT2D eigenvalue weighted by atomic mass is 10.0. The van der Waals surface area contributed by atoms with Crippen LogP contribution in [0.3, 0.4) is 0 Å². The molecule has 1 aromatic heterocycles. The number of nitrogens with zero attached hydrogens (tertiary/aromatic N) is 2. The van der Waals surface area contributed by atoms with Gasteiger partial charge < -0.3 is 5.11 Å². The van der Waals surface area contributed by atoms with Crippen LogP contribution in [-0.2, 0) is 13.5 Å². The monoisotopic (exact) mass is 252 g/mol. The van der Waals surface area contributed by atoms with E-state index in [9.17, 15) is 5.11 Å². The Morgan fingerprint density at radius 2 is 1.89 bits per heavy atom. The molecule has 0 aliphatic rings. The van der Waals surface area contributed by atoms with Crippen LogP contribution in [0.4, 0.5) is 0 Å². The second kappa shape index (κ2) is 9.15. The molecule has 18 heavy (non-hydrogen) atoms. The van der Waals surface area contributed by atoms with Crippen LogP contribution in [0.2, 0.25) is 0 Å². The van der Waals surface area contributed by atoms with E-state index in [1.54, 1.807) is 0 Å². The number of rotatable bonds is 10. The van der Waals surface area contributed by atoms with Crippen molar-refractivity contribution in [2.24, 2.45) is 7.05 Å². The van der Waals surface area contributed by atoms with Crippen molar-refractivity contribution in [1.29, 1.82) is 0 Å². The van der Waals surface area contributed by atoms with Crippen molar-refractivity contribution in [1.82, 2.24) is 9.78 Å². The van der Waals surface area contributed by atoms with Gasteiger partial charge >= 0.3 is 0 Å². The third-order valence-corrected chi connectivity index (χ3v) is 3.55. The quantitative estimate of drug-likeness (QED) is 0.648. The second-order valence-corrected chi connectivity index (χ2v) is 5.20. The van der Waals surface area contributed by atoms with E-state index in [1.807, 2.05) is 24.0 Å². The smallest absolute Gasteiger partial charge is 0.0544 e. The summed E-state index contributed by atoms with van der Waals surface area (Å²) in [6.07, 6.45) is 12.1. The SMILES string of the molecule is CCCCCCCCC(O)CCc1ccnn1C. The summed E-state index contributed by atoms with van der Waals surface area (Å²) in [7, 11) is 1.95. The van der Waals surface area contributed by atoms with E-state index >= 15 is 0 Å². The summed E-state index contributed by atoms with van der Waals surface area (Å²) in [4.78, 5) is 0. The Hall–Kier alpha value is -0.830. The molecule has 1 N–H and O–H groups in total. The maximum atomic E-state index is 9.91. The molecule has 0 radical (unpaired) electrons. The van der Waals surface area contributed by atoms with Gasteiger partial charge in [-0.05, 0) is 25.3 Å². The van der Waals surface area contributed by atoms with Crippen LogP contribution in [0.15, 0.2) is 12.3 Å². The molecule has 3 heteroatoms. The molecule has 1 rings (SSSR count). The van der Waals surface area contributed by atoms with Gasteiger partial charge in [0.25, 0.3) is 0 Å². The minimum atomic E-state index is -0.147. The van der Waals surface area contributed by atoms with Gasteiger partial charge in [-0.3, -0.25) is 4.68 Å². The van der Waals surface area contributed by atoms with E-state index < -0.39 is 0 Å². The summed E-state index contributed by atoms with van der Waals surface area (Å²) in [6.45, 7) is 2.24. The number of unbranched alkanes of at least 4 members (excludes halogenated alkanes) is 5. The third kappa shape index (κ3) is 6.20. The average molecular weight is 252 g/mol. The summed E-state index contributed by atoms with van der Waals surface area (Å²) in [5.74, 6) is 0. The number of aliphatic hydroxyl groups excluding tert-OH is 1. The molecular weight excluding hydrogens is 224 g/mol. The van der Waals surface area contributed by atoms with Gasteiger partial charge in [0.05, 0.1) is 6.10 Å². The summed E-state index contributed by atoms with van der Waals surface area (Å²) < 4.78 is 1.89. The minimum absolute atomic E-state index is 0.147. The van der Waals surface area contributed by atoms with Crippen LogP contribution in [0.1, 0.15) is 64.0 Å². The molecule has 0 aromatic carbocycles. The lowest BCUT2D eigenvalue weighted by Crippen LogP contribution is -2.09. The molecular formula is C15H28N2O. The van der Waals surface area contributed by atoms with Gasteiger partial charge in [-0.1, -0.05) is 45.4 Å². The standard InChI is InChI=1S/C15H28N2O/c1-3-4-5-6-7-8-9-15(18)11-10-14-12-13-16-17(14)2/h12-13,15,18H,3-11H2,1-2H3. The summed E-state index contributed by atoms with van der Waals surface area (Å²) in [5, 5.41) is 14.0. The molecule has 0 saturated carbocycles. The molecule has 1 atom stereocenters. The van der Waals surface area contributed by atoms with E-state index in [-0.39, 0.29) is 6.10 Å². The van der Waals surface area contributed by atoms with Crippen molar-refractivity contribution >= 4 is 0 Å². The van der Waals surface area contributed by atoms with Crippen LogP contribution >= 0.6 is 0 Å². The molecule has 1 unspecified atom stereocenters. The van der Waals surface area contributed by atoms with E-state index in [2.05, 4.69) is 12.0 Å². The minimum Gasteiger partial charge on any atom is -0.393 e. The molecule has 104 valence electrons. The van der Waals surface area contributed by atoms with Gasteiger partial charge in [-0.25, -0.2) is 0 Å². The van der Waals surface area contributed by atoms with Crippen molar-refractivity contribution in [2.75, 3.05) is 0 Å². The molecule has 1 aromatic rings. The maximum absolute atomic E-state index is 9.91. The maximum Gasteiger partial charge on any atom is 0.0544 e. The van der Waals surface area contributed by atoms with Crippen molar-refractivity contribution in [3.63, 3.8) is 0 Å². The van der Waals surface area contributed by atoms with Gasteiger partial charge in [0, 0.05) is 18.9 Å². The Labute approximate surface area is 111 Å². The lowest BCUT2D eigenvalue weighted by Gasteiger charge is -2.10. The Balaban J connectivity index is 2.00. The van der Waals surface area contributed by atoms with Crippen molar-refractivity contribution in [3.05, 3.63) is 18.0 Å². The molecule has 0 fully saturated rings. The Bertz CT molecular complexity index is 309. The molecule has 1 heterocycles. The van der Waals surface area contributed by atoms with Gasteiger partial charge in [0.1, 0.15) is 0 Å². The summed E-state index contributed by atoms with van der Waals surface area (Å²) >= 11 is 0. The Morgan fingerprint density at radius 3 is 2.56 bits per heavy atom. The van der Waals surface area contributed by atoms with Crippen molar-refractivity contribution < 1.29 is 5.11 Å². The fourth-order valence-electron chi connectivity index (χ4n) is 2.27. The Morgan fingerprint density at radius 1 is 1.17 bits per heavy atom. The van der Waals surface area contributed by atoms with Crippen LogP contribution in [0.25, 0.3) is 0 Å². The molecule has 0 amide bonds. The summed E-state index contributed by atoms with van der Waals surface area (Å²) in [5.41, 5.74) is 1.21. The van der Waals surface area contributed by atoms with Crippen LogP contribution < -0.4 is 0 Å². The van der Waals surface area contributed by atoms with Gasteiger partial charge in [0.2, 0.25) is 0 Å². The van der Waals surface area contributed by atoms with Crippen molar-refractivity contribution in [3.8, 4) is 0 Å². The van der Waals surface area contributed by atoms with Gasteiger partial charge in [-0.2, -0.15) is 5.10 Å². The number of aliphatic hydroxyl groups is 1. The molecule has 0 aliphatic carbocycles. The fraction of sp³-hybridized carbons (Fsp3) is 0.800. The highest BCUT2D eigenvalue weighted by atomic mass is 16.3. The zero-order chi connectivity index (χ0) is 13.2. The largest absolute Gasteiger partial charge is 0.393 e. The first-order valence-electron chi connectivity index (χ1n) is 7.39. The fourth-order valence-corrected chi connectivity index (χ4v) is 2.27. The Kier molecular flexibility index (Phi) is 7.74. The predicted octanol–water partition coefficient (Wildman–Crippen LogP) is 3.46. The number of hydrogen-bond donors (Lipinski definition) is 1. The van der Waals surface area contributed by atoms with E-state index in [0.29, 0.717) is 0 Å². The topological polar surface area (TPSA) is 38.1 Å². The molecule has 0 bridgehead atoms.